The lowest BCUT2D eigenvalue weighted by molar-refractivity contribution is 0.101. The molecule has 0 atom stereocenters. The predicted octanol–water partition coefficient (Wildman–Crippen LogP) is 7.47. The zero-order chi connectivity index (χ0) is 27.0. The van der Waals surface area contributed by atoms with Crippen molar-refractivity contribution in [3.8, 4) is 17.2 Å². The van der Waals surface area contributed by atoms with Gasteiger partial charge >= 0.3 is 0 Å². The molecule has 3 N–H and O–H groups in total. The average Bonchev–Trinajstić information content (AvgIpc) is 3.00. The number of carbonyl (C=O) groups is 2. The minimum absolute atomic E-state index is 0.224. The van der Waals surface area contributed by atoms with Gasteiger partial charge in [0, 0.05) is 11.1 Å². The van der Waals surface area contributed by atoms with E-state index < -0.39 is 0 Å². The van der Waals surface area contributed by atoms with E-state index in [4.69, 9.17) is 5.26 Å². The van der Waals surface area contributed by atoms with Gasteiger partial charge < -0.3 is 16.0 Å². The lowest BCUT2D eigenvalue weighted by atomic mass is 10.0. The maximum Gasteiger partial charge on any atom is 0.255 e. The first-order valence-corrected chi connectivity index (χ1v) is 12.3. The molecule has 0 fully saturated rings. The molecule has 6 nitrogen and oxygen atoms in total. The molecular formula is C33H24N4O2. The van der Waals surface area contributed by atoms with E-state index in [1.165, 1.54) is 0 Å². The van der Waals surface area contributed by atoms with Gasteiger partial charge in [-0.3, -0.25) is 9.59 Å². The van der Waals surface area contributed by atoms with E-state index in [2.05, 4.69) is 22.0 Å². The van der Waals surface area contributed by atoms with E-state index in [9.17, 15) is 9.59 Å². The number of nitrogens with one attached hydrogen (secondary N) is 3. The van der Waals surface area contributed by atoms with Crippen LogP contribution < -0.4 is 16.0 Å². The Hall–Kier alpha value is -5.67. The summed E-state index contributed by atoms with van der Waals surface area (Å²) in [4.78, 5) is 25.9. The zero-order valence-corrected chi connectivity index (χ0v) is 20.9. The summed E-state index contributed by atoms with van der Waals surface area (Å²) in [5.41, 5.74) is 5.92. The summed E-state index contributed by atoms with van der Waals surface area (Å²) >= 11 is 0. The third kappa shape index (κ3) is 6.01. The fraction of sp³-hybridized carbons (Fsp3) is 0. The molecule has 0 aliphatic heterocycles. The molecule has 0 aliphatic rings. The maximum atomic E-state index is 13.1. The number of carbonyl (C=O) groups excluding carboxylic acids is 2. The van der Waals surface area contributed by atoms with Gasteiger partial charge in [-0.1, -0.05) is 66.7 Å². The van der Waals surface area contributed by atoms with E-state index in [0.29, 0.717) is 39.4 Å². The van der Waals surface area contributed by atoms with Crippen molar-refractivity contribution in [2.24, 2.45) is 0 Å². The zero-order valence-electron chi connectivity index (χ0n) is 20.9. The predicted molar refractivity (Wildman–Crippen MR) is 155 cm³/mol. The van der Waals surface area contributed by atoms with Gasteiger partial charge in [0.15, 0.2) is 0 Å². The molecule has 0 saturated carbocycles. The summed E-state index contributed by atoms with van der Waals surface area (Å²) in [6.45, 7) is 0. The number of rotatable bonds is 7. The molecule has 0 bridgehead atoms. The summed E-state index contributed by atoms with van der Waals surface area (Å²) in [5.74, 6) is -0.472. The Morgan fingerprint density at radius 3 is 1.59 bits per heavy atom. The van der Waals surface area contributed by atoms with Crippen LogP contribution in [0.5, 0.6) is 0 Å². The second-order valence-electron chi connectivity index (χ2n) is 8.76. The lowest BCUT2D eigenvalue weighted by Gasteiger charge is -2.18. The number of benzene rings is 5. The van der Waals surface area contributed by atoms with Gasteiger partial charge in [-0.2, -0.15) is 5.26 Å². The SMILES string of the molecule is N#Cc1ccc(-c2ccc(Nc3ccccc3NC(=O)c3ccccc3)c(NC(=O)c3ccccc3)c2)cc1. The van der Waals surface area contributed by atoms with Crippen molar-refractivity contribution in [1.29, 1.82) is 5.26 Å². The maximum absolute atomic E-state index is 13.1. The lowest BCUT2D eigenvalue weighted by Crippen LogP contribution is -2.14. The van der Waals surface area contributed by atoms with E-state index in [0.717, 1.165) is 11.1 Å². The highest BCUT2D eigenvalue weighted by atomic mass is 16.2. The number of hydrogen-bond donors (Lipinski definition) is 3. The van der Waals surface area contributed by atoms with Crippen molar-refractivity contribution < 1.29 is 9.59 Å². The molecule has 0 aromatic heterocycles. The van der Waals surface area contributed by atoms with Gasteiger partial charge in [-0.25, -0.2) is 0 Å². The monoisotopic (exact) mass is 508 g/mol. The molecule has 2 amide bonds. The Morgan fingerprint density at radius 2 is 1.00 bits per heavy atom. The van der Waals surface area contributed by atoms with Crippen LogP contribution in [0.25, 0.3) is 11.1 Å². The van der Waals surface area contributed by atoms with Crippen molar-refractivity contribution in [3.05, 3.63) is 144 Å². The van der Waals surface area contributed by atoms with Crippen molar-refractivity contribution in [3.63, 3.8) is 0 Å². The number of nitrogens with zero attached hydrogens (tertiary/aromatic N) is 1. The third-order valence-corrected chi connectivity index (χ3v) is 6.13. The van der Waals surface area contributed by atoms with Crippen LogP contribution in [0, 0.1) is 11.3 Å². The van der Waals surface area contributed by atoms with Gasteiger partial charge in [0.25, 0.3) is 11.8 Å². The topological polar surface area (TPSA) is 94.0 Å². The highest BCUT2D eigenvalue weighted by Crippen LogP contribution is 2.34. The van der Waals surface area contributed by atoms with Crippen LogP contribution in [0.1, 0.15) is 26.3 Å². The first-order chi connectivity index (χ1) is 19.1. The quantitative estimate of drug-likeness (QED) is 0.212. The molecule has 0 spiro atoms. The number of nitriles is 1. The van der Waals surface area contributed by atoms with Gasteiger partial charge in [0.1, 0.15) is 0 Å². The Morgan fingerprint density at radius 1 is 0.513 bits per heavy atom. The van der Waals surface area contributed by atoms with Crippen molar-refractivity contribution in [2.45, 2.75) is 0 Å². The minimum Gasteiger partial charge on any atom is -0.352 e. The molecule has 0 saturated heterocycles. The molecule has 0 aliphatic carbocycles. The standard InChI is InChI=1S/C33H24N4O2/c34-22-23-15-17-24(18-16-23)27-19-20-30(31(21-27)37-33(39)26-11-5-2-6-12-26)35-28-13-7-8-14-29(28)36-32(38)25-9-3-1-4-10-25/h1-21,35H,(H,36,38)(H,37,39). The molecule has 39 heavy (non-hydrogen) atoms. The first-order valence-electron chi connectivity index (χ1n) is 12.3. The van der Waals surface area contributed by atoms with E-state index in [1.807, 2.05) is 91.0 Å². The van der Waals surface area contributed by atoms with Crippen molar-refractivity contribution in [1.82, 2.24) is 0 Å². The largest absolute Gasteiger partial charge is 0.352 e. The normalized spacial score (nSPS) is 10.2. The second-order valence-corrected chi connectivity index (χ2v) is 8.76. The highest BCUT2D eigenvalue weighted by molar-refractivity contribution is 6.08. The minimum atomic E-state index is -0.249. The molecule has 5 aromatic carbocycles. The molecule has 5 rings (SSSR count). The Balaban J connectivity index is 1.48. The fourth-order valence-electron chi connectivity index (χ4n) is 4.09. The third-order valence-electron chi connectivity index (χ3n) is 6.13. The molecule has 188 valence electrons. The van der Waals surface area contributed by atoms with Crippen LogP contribution in [0.3, 0.4) is 0 Å². The molecule has 0 heterocycles. The smallest absolute Gasteiger partial charge is 0.255 e. The summed E-state index contributed by atoms with van der Waals surface area (Å²) in [5, 5.41) is 18.5. The van der Waals surface area contributed by atoms with Gasteiger partial charge in [-0.05, 0) is 71.8 Å². The summed E-state index contributed by atoms with van der Waals surface area (Å²) in [7, 11) is 0. The Labute approximate surface area is 226 Å². The summed E-state index contributed by atoms with van der Waals surface area (Å²) < 4.78 is 0. The molecular weight excluding hydrogens is 484 g/mol. The van der Waals surface area contributed by atoms with Crippen LogP contribution in [0.2, 0.25) is 0 Å². The summed E-state index contributed by atoms with van der Waals surface area (Å²) in [6, 6.07) is 40.5. The molecule has 6 heteroatoms. The number of hydrogen-bond acceptors (Lipinski definition) is 4. The number of amides is 2. The fourth-order valence-corrected chi connectivity index (χ4v) is 4.09. The van der Waals surface area contributed by atoms with Crippen LogP contribution in [0.4, 0.5) is 22.7 Å². The van der Waals surface area contributed by atoms with E-state index in [-0.39, 0.29) is 11.8 Å². The molecule has 0 radical (unpaired) electrons. The molecule has 5 aromatic rings. The first kappa shape index (κ1) is 25.0. The van der Waals surface area contributed by atoms with E-state index >= 15 is 0 Å². The van der Waals surface area contributed by atoms with Gasteiger partial charge in [0.2, 0.25) is 0 Å². The van der Waals surface area contributed by atoms with Gasteiger partial charge in [-0.15, -0.1) is 0 Å². The van der Waals surface area contributed by atoms with Crippen molar-refractivity contribution in [2.75, 3.05) is 16.0 Å². The number of anilines is 4. The second kappa shape index (κ2) is 11.6. The average molecular weight is 509 g/mol. The van der Waals surface area contributed by atoms with Crippen molar-refractivity contribution >= 4 is 34.6 Å². The van der Waals surface area contributed by atoms with Crippen LogP contribution in [-0.4, -0.2) is 11.8 Å². The van der Waals surface area contributed by atoms with Gasteiger partial charge in [0.05, 0.1) is 34.4 Å². The van der Waals surface area contributed by atoms with Crippen LogP contribution in [0.15, 0.2) is 127 Å². The molecule has 0 unspecified atom stereocenters. The number of para-hydroxylation sites is 2. The Kier molecular flexibility index (Phi) is 7.43. The van der Waals surface area contributed by atoms with Crippen LogP contribution >= 0.6 is 0 Å². The summed E-state index contributed by atoms with van der Waals surface area (Å²) in [6.07, 6.45) is 0. The Bertz CT molecular complexity index is 1660. The van der Waals surface area contributed by atoms with Crippen LogP contribution in [-0.2, 0) is 0 Å². The van der Waals surface area contributed by atoms with E-state index in [1.54, 1.807) is 36.4 Å². The highest BCUT2D eigenvalue weighted by Gasteiger charge is 2.14.